The summed E-state index contributed by atoms with van der Waals surface area (Å²) >= 11 is 1.50. The van der Waals surface area contributed by atoms with Crippen molar-refractivity contribution < 1.29 is 9.53 Å². The van der Waals surface area contributed by atoms with Gasteiger partial charge in [-0.05, 0) is 31.5 Å². The van der Waals surface area contributed by atoms with Gasteiger partial charge in [0.1, 0.15) is 11.3 Å². The molecule has 0 aliphatic rings. The second kappa shape index (κ2) is 7.01. The summed E-state index contributed by atoms with van der Waals surface area (Å²) in [6, 6.07) is 13.9. The Kier molecular flexibility index (Phi) is 4.81. The first-order valence-corrected chi connectivity index (χ1v) is 8.74. The first-order chi connectivity index (χ1) is 11.6. The minimum atomic E-state index is -0.140. The fourth-order valence-corrected chi connectivity index (χ4v) is 3.63. The van der Waals surface area contributed by atoms with Crippen LogP contribution in [0.4, 0.5) is 0 Å². The Morgan fingerprint density at radius 3 is 2.67 bits per heavy atom. The van der Waals surface area contributed by atoms with E-state index in [4.69, 9.17) is 4.74 Å². The van der Waals surface area contributed by atoms with E-state index >= 15 is 0 Å². The Balaban J connectivity index is 1.94. The zero-order valence-corrected chi connectivity index (χ0v) is 14.9. The summed E-state index contributed by atoms with van der Waals surface area (Å²) in [6.45, 7) is 4.60. The number of thiazole rings is 1. The molecule has 0 aliphatic carbocycles. The molecule has 0 radical (unpaired) electrons. The molecule has 1 aromatic heterocycles. The highest BCUT2D eigenvalue weighted by Crippen LogP contribution is 2.26. The van der Waals surface area contributed by atoms with Gasteiger partial charge >= 0.3 is 0 Å². The molecule has 3 aromatic rings. The lowest BCUT2D eigenvalue weighted by molar-refractivity contribution is -0.117. The predicted molar refractivity (Wildman–Crippen MR) is 97.4 cm³/mol. The molecule has 1 amide bonds. The first kappa shape index (κ1) is 16.5. The summed E-state index contributed by atoms with van der Waals surface area (Å²) in [6.07, 6.45) is 0.312. The maximum absolute atomic E-state index is 12.3. The minimum Gasteiger partial charge on any atom is -0.492 e. The minimum absolute atomic E-state index is 0.140. The predicted octanol–water partition coefficient (Wildman–Crippen LogP) is 3.62. The average Bonchev–Trinajstić information content (AvgIpc) is 2.87. The van der Waals surface area contributed by atoms with Gasteiger partial charge in [-0.15, -0.1) is 0 Å². The maximum atomic E-state index is 12.3. The van der Waals surface area contributed by atoms with Gasteiger partial charge in [-0.25, -0.2) is 0 Å². The summed E-state index contributed by atoms with van der Waals surface area (Å²) in [5, 5.41) is 0. The van der Waals surface area contributed by atoms with E-state index in [1.54, 1.807) is 0 Å². The summed E-state index contributed by atoms with van der Waals surface area (Å²) in [4.78, 5) is 17.3. The number of amides is 1. The Morgan fingerprint density at radius 1 is 1.21 bits per heavy atom. The second-order valence-corrected chi connectivity index (χ2v) is 6.66. The highest BCUT2D eigenvalue weighted by molar-refractivity contribution is 7.16. The quantitative estimate of drug-likeness (QED) is 0.728. The van der Waals surface area contributed by atoms with E-state index < -0.39 is 0 Å². The summed E-state index contributed by atoms with van der Waals surface area (Å²) in [5.74, 6) is 0.681. The monoisotopic (exact) mass is 340 g/mol. The van der Waals surface area contributed by atoms with Crippen LogP contribution in [0.5, 0.6) is 5.75 Å². The molecule has 0 unspecified atom stereocenters. The Hall–Kier alpha value is -2.40. The van der Waals surface area contributed by atoms with Crippen molar-refractivity contribution in [2.75, 3.05) is 6.61 Å². The van der Waals surface area contributed by atoms with Gasteiger partial charge in [-0.3, -0.25) is 4.79 Å². The van der Waals surface area contributed by atoms with Gasteiger partial charge in [-0.2, -0.15) is 4.99 Å². The molecule has 0 aliphatic heterocycles. The second-order valence-electron chi connectivity index (χ2n) is 5.65. The van der Waals surface area contributed by atoms with Crippen molar-refractivity contribution in [1.82, 2.24) is 4.57 Å². The van der Waals surface area contributed by atoms with Gasteiger partial charge < -0.3 is 9.30 Å². The van der Waals surface area contributed by atoms with E-state index in [2.05, 4.69) is 4.99 Å². The normalized spacial score (nSPS) is 11.9. The number of carbonyl (C=O) groups is 1. The molecule has 3 rings (SSSR count). The summed E-state index contributed by atoms with van der Waals surface area (Å²) in [5.41, 5.74) is 3.14. The number of aryl methyl sites for hydroxylation is 2. The number of benzene rings is 2. The zero-order chi connectivity index (χ0) is 17.1. The highest BCUT2D eigenvalue weighted by atomic mass is 32.1. The molecule has 5 heteroatoms. The molecule has 124 valence electrons. The van der Waals surface area contributed by atoms with Crippen LogP contribution in [0.2, 0.25) is 0 Å². The third kappa shape index (κ3) is 3.41. The van der Waals surface area contributed by atoms with Crippen molar-refractivity contribution in [3.05, 3.63) is 58.4 Å². The molecule has 0 spiro atoms. The van der Waals surface area contributed by atoms with Gasteiger partial charge in [0.2, 0.25) is 0 Å². The van der Waals surface area contributed by atoms with E-state index in [0.29, 0.717) is 17.8 Å². The van der Waals surface area contributed by atoms with Crippen LogP contribution in [0.1, 0.15) is 18.1 Å². The fourth-order valence-electron chi connectivity index (χ4n) is 2.57. The van der Waals surface area contributed by atoms with Gasteiger partial charge in [-0.1, -0.05) is 47.2 Å². The molecule has 0 bridgehead atoms. The Labute approximate surface area is 145 Å². The molecule has 0 saturated heterocycles. The zero-order valence-electron chi connectivity index (χ0n) is 14.1. The van der Waals surface area contributed by atoms with Gasteiger partial charge in [0.25, 0.3) is 5.91 Å². The fraction of sp³-hybridized carbons (Fsp3) is 0.263. The SMILES string of the molecule is CCOc1cccc2sc(=NC(=O)Cc3ccc(C)cc3)n(C)c12. The third-order valence-corrected chi connectivity index (χ3v) is 4.88. The number of hydrogen-bond donors (Lipinski definition) is 0. The van der Waals surface area contributed by atoms with Crippen LogP contribution in [-0.2, 0) is 18.3 Å². The van der Waals surface area contributed by atoms with E-state index in [1.165, 1.54) is 16.9 Å². The van der Waals surface area contributed by atoms with Gasteiger partial charge in [0, 0.05) is 7.05 Å². The van der Waals surface area contributed by atoms with Gasteiger partial charge in [0.15, 0.2) is 4.80 Å². The lowest BCUT2D eigenvalue weighted by atomic mass is 10.1. The lowest BCUT2D eigenvalue weighted by Crippen LogP contribution is -2.14. The van der Waals surface area contributed by atoms with E-state index in [9.17, 15) is 4.79 Å². The van der Waals surface area contributed by atoms with E-state index in [0.717, 1.165) is 21.5 Å². The number of ether oxygens (including phenoxy) is 1. The molecule has 24 heavy (non-hydrogen) atoms. The maximum Gasteiger partial charge on any atom is 0.252 e. The van der Waals surface area contributed by atoms with Crippen LogP contribution < -0.4 is 9.54 Å². The molecule has 0 N–H and O–H groups in total. The number of hydrogen-bond acceptors (Lipinski definition) is 3. The van der Waals surface area contributed by atoms with Crippen molar-refractivity contribution in [3.63, 3.8) is 0 Å². The van der Waals surface area contributed by atoms with Crippen LogP contribution >= 0.6 is 11.3 Å². The highest BCUT2D eigenvalue weighted by Gasteiger charge is 2.10. The molecule has 0 saturated carbocycles. The first-order valence-electron chi connectivity index (χ1n) is 7.93. The van der Waals surface area contributed by atoms with E-state index in [-0.39, 0.29) is 5.91 Å². The van der Waals surface area contributed by atoms with Crippen LogP contribution in [0.3, 0.4) is 0 Å². The largest absolute Gasteiger partial charge is 0.492 e. The molecular weight excluding hydrogens is 320 g/mol. The van der Waals surface area contributed by atoms with Crippen molar-refractivity contribution in [2.24, 2.45) is 12.0 Å². The molecule has 1 heterocycles. The molecule has 4 nitrogen and oxygen atoms in total. The van der Waals surface area contributed by atoms with E-state index in [1.807, 2.05) is 67.9 Å². The van der Waals surface area contributed by atoms with Crippen molar-refractivity contribution in [3.8, 4) is 5.75 Å². The molecule has 2 aromatic carbocycles. The third-order valence-electron chi connectivity index (χ3n) is 3.78. The molecular formula is C19H20N2O2S. The topological polar surface area (TPSA) is 43.6 Å². The number of aromatic nitrogens is 1. The van der Waals surface area contributed by atoms with Crippen LogP contribution in [0.15, 0.2) is 47.5 Å². The summed E-state index contributed by atoms with van der Waals surface area (Å²) in [7, 11) is 1.92. The number of carbonyl (C=O) groups excluding carboxylic acids is 1. The van der Waals surface area contributed by atoms with Crippen molar-refractivity contribution >= 4 is 27.5 Å². The number of fused-ring (bicyclic) bond motifs is 1. The van der Waals surface area contributed by atoms with Crippen LogP contribution in [0.25, 0.3) is 10.2 Å². The number of nitrogens with zero attached hydrogens (tertiary/aromatic N) is 2. The van der Waals surface area contributed by atoms with Crippen LogP contribution in [0, 0.1) is 6.92 Å². The number of para-hydroxylation sites is 1. The smallest absolute Gasteiger partial charge is 0.252 e. The molecule has 0 fully saturated rings. The average molecular weight is 340 g/mol. The van der Waals surface area contributed by atoms with Crippen molar-refractivity contribution in [2.45, 2.75) is 20.3 Å². The lowest BCUT2D eigenvalue weighted by Gasteiger charge is -2.05. The Bertz CT molecular complexity index is 936. The summed E-state index contributed by atoms with van der Waals surface area (Å²) < 4.78 is 8.67. The number of rotatable bonds is 4. The Morgan fingerprint density at radius 2 is 1.96 bits per heavy atom. The van der Waals surface area contributed by atoms with Gasteiger partial charge in [0.05, 0.1) is 17.7 Å². The standard InChI is InChI=1S/C19H20N2O2S/c1-4-23-15-6-5-7-16-18(15)21(3)19(24-16)20-17(22)12-14-10-8-13(2)9-11-14/h5-11H,4,12H2,1-3H3. The van der Waals surface area contributed by atoms with Crippen LogP contribution in [-0.4, -0.2) is 17.1 Å². The molecule has 0 atom stereocenters. The van der Waals surface area contributed by atoms with Crippen molar-refractivity contribution in [1.29, 1.82) is 0 Å².